The fourth-order valence-corrected chi connectivity index (χ4v) is 11.9. The van der Waals surface area contributed by atoms with Crippen LogP contribution >= 0.6 is 11.3 Å². The Hall–Kier alpha value is -7.52. The van der Waals surface area contributed by atoms with E-state index in [-0.39, 0.29) is 5.41 Å². The Labute approximate surface area is 359 Å². The molecular formula is C59H37NS. The van der Waals surface area contributed by atoms with Crippen molar-refractivity contribution in [2.75, 3.05) is 4.90 Å². The first-order chi connectivity index (χ1) is 30.2. The molecule has 2 heteroatoms. The summed E-state index contributed by atoms with van der Waals surface area (Å²) in [5.41, 5.74) is 17.5. The lowest BCUT2D eigenvalue weighted by Crippen LogP contribution is -2.25. The van der Waals surface area contributed by atoms with E-state index in [4.69, 9.17) is 0 Å². The molecule has 2 aliphatic carbocycles. The van der Waals surface area contributed by atoms with E-state index < -0.39 is 0 Å². The van der Waals surface area contributed by atoms with Crippen LogP contribution in [0.5, 0.6) is 0 Å². The van der Waals surface area contributed by atoms with Gasteiger partial charge in [0, 0.05) is 26.3 Å². The summed E-state index contributed by atoms with van der Waals surface area (Å²) in [7, 11) is 0. The predicted molar refractivity (Wildman–Crippen MR) is 259 cm³/mol. The van der Waals surface area contributed by atoms with Gasteiger partial charge in [-0.25, -0.2) is 0 Å². The van der Waals surface area contributed by atoms with Crippen LogP contribution in [0.2, 0.25) is 0 Å². The Morgan fingerprint density at radius 3 is 1.75 bits per heavy atom. The highest BCUT2D eigenvalue weighted by molar-refractivity contribution is 7.22. The number of benzene rings is 10. The van der Waals surface area contributed by atoms with E-state index >= 15 is 0 Å². The fourth-order valence-electron chi connectivity index (χ4n) is 10.6. The first kappa shape index (κ1) is 34.4. The molecule has 61 heavy (non-hydrogen) atoms. The molecule has 0 radical (unpaired) electrons. The minimum absolute atomic E-state index is 0.385. The maximum atomic E-state index is 2.51. The van der Waals surface area contributed by atoms with Crippen molar-refractivity contribution in [1.82, 2.24) is 0 Å². The zero-order valence-electron chi connectivity index (χ0n) is 33.2. The number of anilines is 3. The fraction of sp³-hybridized carbons (Fsp3) is 0.0169. The van der Waals surface area contributed by atoms with E-state index in [1.54, 1.807) is 0 Å². The molecule has 10 aromatic carbocycles. The Morgan fingerprint density at radius 2 is 0.934 bits per heavy atom. The van der Waals surface area contributed by atoms with E-state index in [1.165, 1.54) is 97.7 Å². The van der Waals surface area contributed by atoms with Crippen LogP contribution < -0.4 is 4.90 Å². The summed E-state index contributed by atoms with van der Waals surface area (Å²) in [5, 5.41) is 6.22. The second-order valence-electron chi connectivity index (χ2n) is 16.4. The third kappa shape index (κ3) is 5.00. The van der Waals surface area contributed by atoms with Gasteiger partial charge in [0.1, 0.15) is 0 Å². The zero-order valence-corrected chi connectivity index (χ0v) is 34.0. The van der Waals surface area contributed by atoms with Crippen molar-refractivity contribution < 1.29 is 0 Å². The van der Waals surface area contributed by atoms with Gasteiger partial charge < -0.3 is 4.90 Å². The highest BCUT2D eigenvalue weighted by atomic mass is 32.1. The summed E-state index contributed by atoms with van der Waals surface area (Å²) in [6.45, 7) is 0. The van der Waals surface area contributed by atoms with Crippen LogP contribution in [-0.4, -0.2) is 0 Å². The van der Waals surface area contributed by atoms with Crippen molar-refractivity contribution in [1.29, 1.82) is 0 Å². The predicted octanol–water partition coefficient (Wildman–Crippen LogP) is 16.4. The van der Waals surface area contributed by atoms with Crippen LogP contribution in [0, 0.1) is 0 Å². The standard InChI is InChI=1S/C59H37NS/c1-2-13-38(14-3-1)39-27-31-45(32-28-39)60(55-23-12-16-40-15-4-5-17-47(40)55)46-33-29-42-35-41(25-26-43(42)36-46)44-30-34-50-54(37-44)59(57-51-20-8-11-24-56(51)61-58(50)57)52-21-9-6-18-48(52)49-19-7-10-22-53(49)59/h1-37H. The lowest BCUT2D eigenvalue weighted by molar-refractivity contribution is 0.803. The summed E-state index contributed by atoms with van der Waals surface area (Å²) in [6, 6.07) is 83.3. The number of fused-ring (bicyclic) bond motifs is 14. The average molecular weight is 792 g/mol. The van der Waals surface area contributed by atoms with E-state index in [1.807, 2.05) is 11.3 Å². The second-order valence-corrected chi connectivity index (χ2v) is 17.4. The third-order valence-electron chi connectivity index (χ3n) is 13.2. The summed E-state index contributed by atoms with van der Waals surface area (Å²) in [5.74, 6) is 0. The Morgan fingerprint density at radius 1 is 0.344 bits per heavy atom. The number of rotatable bonds is 5. The van der Waals surface area contributed by atoms with Crippen molar-refractivity contribution in [3.05, 3.63) is 247 Å². The first-order valence-corrected chi connectivity index (χ1v) is 21.9. The van der Waals surface area contributed by atoms with Crippen molar-refractivity contribution in [2.24, 2.45) is 0 Å². The molecule has 0 atom stereocenters. The molecule has 0 unspecified atom stereocenters. The van der Waals surface area contributed by atoms with Crippen molar-refractivity contribution in [2.45, 2.75) is 5.41 Å². The van der Waals surface area contributed by atoms with Crippen molar-refractivity contribution >= 4 is 60.0 Å². The quantitative estimate of drug-likeness (QED) is 0.168. The van der Waals surface area contributed by atoms with Gasteiger partial charge in [-0.3, -0.25) is 0 Å². The van der Waals surface area contributed by atoms with Gasteiger partial charge in [-0.2, -0.15) is 0 Å². The van der Waals surface area contributed by atoms with Gasteiger partial charge in [0.15, 0.2) is 0 Å². The van der Waals surface area contributed by atoms with Gasteiger partial charge >= 0.3 is 0 Å². The van der Waals surface area contributed by atoms with Gasteiger partial charge in [-0.15, -0.1) is 11.3 Å². The van der Waals surface area contributed by atoms with Crippen molar-refractivity contribution in [3.8, 4) is 43.8 Å². The van der Waals surface area contributed by atoms with Gasteiger partial charge in [0.25, 0.3) is 0 Å². The summed E-state index contributed by atoms with van der Waals surface area (Å²) < 4.78 is 1.35. The Bertz CT molecular complexity index is 3490. The Kier molecular flexibility index (Phi) is 7.46. The maximum Gasteiger partial charge on any atom is 0.0740 e. The summed E-state index contributed by atoms with van der Waals surface area (Å²) in [4.78, 5) is 3.80. The minimum atomic E-state index is -0.385. The molecular weight excluding hydrogens is 755 g/mol. The monoisotopic (exact) mass is 791 g/mol. The molecule has 1 spiro atoms. The normalized spacial score (nSPS) is 13.0. The first-order valence-electron chi connectivity index (χ1n) is 21.1. The molecule has 284 valence electrons. The maximum absolute atomic E-state index is 2.51. The minimum Gasteiger partial charge on any atom is -0.310 e. The van der Waals surface area contributed by atoms with E-state index in [9.17, 15) is 0 Å². The summed E-state index contributed by atoms with van der Waals surface area (Å²) >= 11 is 1.94. The molecule has 0 aliphatic heterocycles. The molecule has 13 rings (SSSR count). The number of hydrogen-bond acceptors (Lipinski definition) is 2. The smallest absolute Gasteiger partial charge is 0.0740 e. The molecule has 2 aliphatic rings. The molecule has 0 bridgehead atoms. The SMILES string of the molecule is c1ccc(-c2ccc(N(c3ccc4cc(-c5ccc6c(c5)C5(c7ccccc7-c7ccccc75)c5c-6sc6ccccc56)ccc4c3)c3cccc4ccccc34)cc2)cc1. The lowest BCUT2D eigenvalue weighted by Gasteiger charge is -2.30. The van der Waals surface area contributed by atoms with Crippen LogP contribution in [-0.2, 0) is 5.41 Å². The van der Waals surface area contributed by atoms with Gasteiger partial charge in [-0.1, -0.05) is 176 Å². The molecule has 11 aromatic rings. The molecule has 1 heterocycles. The van der Waals surface area contributed by atoms with Crippen LogP contribution in [0.1, 0.15) is 22.3 Å². The van der Waals surface area contributed by atoms with Crippen LogP contribution in [0.4, 0.5) is 17.1 Å². The highest BCUT2D eigenvalue weighted by Gasteiger charge is 2.53. The average Bonchev–Trinajstić information content (AvgIpc) is 3.95. The molecule has 0 amide bonds. The third-order valence-corrected chi connectivity index (χ3v) is 14.5. The zero-order chi connectivity index (χ0) is 40.1. The number of hydrogen-bond donors (Lipinski definition) is 0. The van der Waals surface area contributed by atoms with Crippen molar-refractivity contribution in [3.63, 3.8) is 0 Å². The van der Waals surface area contributed by atoms with E-state index in [0.717, 1.165) is 17.1 Å². The highest BCUT2D eigenvalue weighted by Crippen LogP contribution is 2.66. The summed E-state index contributed by atoms with van der Waals surface area (Å²) in [6.07, 6.45) is 0. The van der Waals surface area contributed by atoms with Gasteiger partial charge in [0.05, 0.1) is 11.1 Å². The molecule has 1 aromatic heterocycles. The topological polar surface area (TPSA) is 3.24 Å². The molecule has 0 saturated heterocycles. The van der Waals surface area contributed by atoms with Gasteiger partial charge in [0.2, 0.25) is 0 Å². The number of nitrogens with zero attached hydrogens (tertiary/aromatic N) is 1. The molecule has 0 saturated carbocycles. The van der Waals surface area contributed by atoms with Crippen LogP contribution in [0.25, 0.3) is 75.5 Å². The molecule has 1 nitrogen and oxygen atoms in total. The Balaban J connectivity index is 0.948. The van der Waals surface area contributed by atoms with Gasteiger partial charge in [-0.05, 0) is 131 Å². The van der Waals surface area contributed by atoms with Crippen LogP contribution in [0.15, 0.2) is 224 Å². The largest absolute Gasteiger partial charge is 0.310 e. The lowest BCUT2D eigenvalue weighted by atomic mass is 9.70. The molecule has 0 N–H and O–H groups in total. The number of thiophene rings is 1. The van der Waals surface area contributed by atoms with E-state index in [2.05, 4.69) is 229 Å². The van der Waals surface area contributed by atoms with Crippen LogP contribution in [0.3, 0.4) is 0 Å². The van der Waals surface area contributed by atoms with E-state index in [0.29, 0.717) is 0 Å². The second kappa shape index (κ2) is 13.2. The molecule has 0 fully saturated rings.